The van der Waals surface area contributed by atoms with Crippen LogP contribution in [0, 0.1) is 5.41 Å². The van der Waals surface area contributed by atoms with Crippen molar-refractivity contribution in [2.75, 3.05) is 25.6 Å². The van der Waals surface area contributed by atoms with Gasteiger partial charge in [0.15, 0.2) is 23.4 Å². The summed E-state index contributed by atoms with van der Waals surface area (Å²) in [6, 6.07) is 1.97. The lowest BCUT2D eigenvalue weighted by Crippen LogP contribution is -2.47. The molecule has 0 spiro atoms. The molecule has 0 radical (unpaired) electrons. The van der Waals surface area contributed by atoms with Crippen molar-refractivity contribution in [3.05, 3.63) is 66.2 Å². The average molecular weight is 751 g/mol. The first kappa shape index (κ1) is 39.7. The summed E-state index contributed by atoms with van der Waals surface area (Å²) in [5.74, 6) is -0.674. The fraction of sp³-hybridized carbons (Fsp3) is 0.643. The zero-order valence-corrected chi connectivity index (χ0v) is 29.3. The van der Waals surface area contributed by atoms with E-state index >= 15 is 0 Å². The highest BCUT2D eigenvalue weighted by Crippen LogP contribution is 2.53. The molecule has 2 fully saturated rings. The number of nitrogens with one attached hydrogen (secondary N) is 2. The van der Waals surface area contributed by atoms with Gasteiger partial charge in [0, 0.05) is 36.9 Å². The standard InChI is InChI=1S/C28H39N4O16PS/c1-14(33)50-12-17(34)26(2,3)13-46-49(43,44-10-15-20(37)27(4,41)22(47-15)31-8-6-18(35)29-24(31)39)45-11-16-21(38)28(5,42)23(48-16)32-9-7-19(36)30-25(32)40/h6-9,15-16,20-23,37-38,41-42H,10-13H2,1-5H3,(H,29,35,39)(H,30,36,40)/t15-,16-,20-,21-,22-,23-,27-,28-/m1/s1. The Balaban J connectivity index is 1.55. The molecular weight excluding hydrogens is 711 g/mol. The Kier molecular flexibility index (Phi) is 11.8. The van der Waals surface area contributed by atoms with Crippen LogP contribution in [0.5, 0.6) is 0 Å². The van der Waals surface area contributed by atoms with Gasteiger partial charge in [-0.2, -0.15) is 0 Å². The number of rotatable bonds is 14. The van der Waals surface area contributed by atoms with Crippen molar-refractivity contribution in [3.63, 3.8) is 0 Å². The average Bonchev–Trinajstić information content (AvgIpc) is 3.39. The van der Waals surface area contributed by atoms with Gasteiger partial charge in [-0.3, -0.25) is 51.9 Å². The van der Waals surface area contributed by atoms with Gasteiger partial charge < -0.3 is 29.9 Å². The number of aliphatic hydroxyl groups is 4. The lowest BCUT2D eigenvalue weighted by atomic mass is 9.90. The number of aromatic nitrogens is 4. The number of thioether (sulfide) groups is 1. The van der Waals surface area contributed by atoms with Crippen LogP contribution in [0.25, 0.3) is 0 Å². The van der Waals surface area contributed by atoms with E-state index in [0.717, 1.165) is 59.3 Å². The summed E-state index contributed by atoms with van der Waals surface area (Å²) in [6.07, 6.45) is -7.54. The zero-order chi connectivity index (χ0) is 37.4. The van der Waals surface area contributed by atoms with Crippen LogP contribution in [0.1, 0.15) is 47.1 Å². The predicted octanol–water partition coefficient (Wildman–Crippen LogP) is -1.86. The number of carbonyl (C=O) groups excluding carboxylic acids is 2. The Bertz CT molecular complexity index is 1760. The van der Waals surface area contributed by atoms with Gasteiger partial charge in [-0.1, -0.05) is 25.6 Å². The van der Waals surface area contributed by atoms with Crippen molar-refractivity contribution in [3.8, 4) is 0 Å². The second-order valence-electron chi connectivity index (χ2n) is 12.8. The van der Waals surface area contributed by atoms with Crippen LogP contribution < -0.4 is 22.5 Å². The fourth-order valence-electron chi connectivity index (χ4n) is 5.10. The smallest absolute Gasteiger partial charge is 0.387 e. The molecular formula is C28H39N4O16PS. The molecule has 2 saturated heterocycles. The third-order valence-electron chi connectivity index (χ3n) is 8.26. The fourth-order valence-corrected chi connectivity index (χ4v) is 7.19. The molecule has 2 aromatic heterocycles. The van der Waals surface area contributed by atoms with Gasteiger partial charge in [0.05, 0.1) is 25.6 Å². The number of hydrogen-bond donors (Lipinski definition) is 6. The number of phosphoric acid groups is 1. The molecule has 0 aliphatic carbocycles. The van der Waals surface area contributed by atoms with E-state index in [4.69, 9.17) is 23.0 Å². The molecule has 4 rings (SSSR count). The summed E-state index contributed by atoms with van der Waals surface area (Å²) in [7, 11) is -4.85. The van der Waals surface area contributed by atoms with Gasteiger partial charge >= 0.3 is 19.2 Å². The number of aromatic amines is 2. The first-order chi connectivity index (χ1) is 23.1. The van der Waals surface area contributed by atoms with E-state index in [2.05, 4.69) is 0 Å². The molecule has 0 unspecified atom stereocenters. The molecule has 0 bridgehead atoms. The molecule has 2 aliphatic rings. The number of phosphoric ester groups is 1. The summed E-state index contributed by atoms with van der Waals surface area (Å²) in [5.41, 5.74) is -9.02. The summed E-state index contributed by atoms with van der Waals surface area (Å²) < 4.78 is 43.5. The molecule has 0 saturated carbocycles. The van der Waals surface area contributed by atoms with Gasteiger partial charge in [0.1, 0.15) is 35.6 Å². The SMILES string of the molecule is CC(=O)SCC(=O)C(C)(C)COP(=O)(OC[C@H]1O[C@@H](n2ccc(=O)[nH]c2=O)[C@](C)(O)[C@@H]1O)OC[C@H]1O[C@@H](n2ccc(=O)[nH]c2=O)[C@](C)(O)[C@@H]1O. The zero-order valence-electron chi connectivity index (χ0n) is 27.5. The van der Waals surface area contributed by atoms with E-state index in [0.29, 0.717) is 0 Å². The Morgan fingerprint density at radius 2 is 1.30 bits per heavy atom. The van der Waals surface area contributed by atoms with Crippen molar-refractivity contribution < 1.29 is 57.6 Å². The minimum Gasteiger partial charge on any atom is -0.387 e. The monoisotopic (exact) mass is 750 g/mol. The Morgan fingerprint density at radius 3 is 1.68 bits per heavy atom. The number of hydrogen-bond acceptors (Lipinski definition) is 17. The quantitative estimate of drug-likeness (QED) is 0.115. The third-order valence-corrected chi connectivity index (χ3v) is 10.4. The molecule has 22 heteroatoms. The minimum absolute atomic E-state index is 0.219. The highest BCUT2D eigenvalue weighted by Gasteiger charge is 2.56. The summed E-state index contributed by atoms with van der Waals surface area (Å²) in [5, 5.41) is 43.5. The Morgan fingerprint density at radius 1 is 0.880 bits per heavy atom. The summed E-state index contributed by atoms with van der Waals surface area (Å²) >= 11 is 0.755. The van der Waals surface area contributed by atoms with Crippen LogP contribution in [0.2, 0.25) is 0 Å². The van der Waals surface area contributed by atoms with Gasteiger partial charge in [0.2, 0.25) is 0 Å². The predicted molar refractivity (Wildman–Crippen MR) is 171 cm³/mol. The first-order valence-corrected chi connectivity index (χ1v) is 17.5. The normalized spacial score (nSPS) is 30.1. The second kappa shape index (κ2) is 14.9. The third kappa shape index (κ3) is 8.51. The lowest BCUT2D eigenvalue weighted by Gasteiger charge is -2.28. The van der Waals surface area contributed by atoms with E-state index in [1.165, 1.54) is 20.8 Å². The minimum atomic E-state index is -4.85. The van der Waals surface area contributed by atoms with E-state index in [9.17, 15) is 53.8 Å². The highest BCUT2D eigenvalue weighted by atomic mass is 32.2. The van der Waals surface area contributed by atoms with E-state index in [-0.39, 0.29) is 10.9 Å². The number of nitrogens with zero attached hydrogens (tertiary/aromatic N) is 2. The molecule has 0 aromatic carbocycles. The molecule has 2 aliphatic heterocycles. The number of Topliss-reactive ketones (excluding diaryl/α,β-unsaturated/α-hetero) is 1. The topological polar surface area (TPSA) is 288 Å². The number of ketones is 1. The second-order valence-corrected chi connectivity index (χ2v) is 15.7. The van der Waals surface area contributed by atoms with Crippen molar-refractivity contribution in [2.45, 2.75) is 82.7 Å². The van der Waals surface area contributed by atoms with Crippen molar-refractivity contribution in [1.29, 1.82) is 0 Å². The number of H-pyrrole nitrogens is 2. The van der Waals surface area contributed by atoms with Crippen LogP contribution in [0.3, 0.4) is 0 Å². The Hall–Kier alpha value is -3.08. The maximum absolute atomic E-state index is 14.1. The molecule has 278 valence electrons. The first-order valence-electron chi connectivity index (χ1n) is 15.0. The van der Waals surface area contributed by atoms with Crippen molar-refractivity contribution in [1.82, 2.24) is 19.1 Å². The van der Waals surface area contributed by atoms with Crippen molar-refractivity contribution in [2.24, 2.45) is 5.41 Å². The molecule has 6 N–H and O–H groups in total. The van der Waals surface area contributed by atoms with E-state index in [1.807, 2.05) is 9.97 Å². The molecule has 50 heavy (non-hydrogen) atoms. The molecule has 4 heterocycles. The van der Waals surface area contributed by atoms with Crippen LogP contribution in [-0.2, 0) is 37.2 Å². The Labute approximate surface area is 286 Å². The maximum atomic E-state index is 14.1. The number of ether oxygens (including phenoxy) is 2. The number of aliphatic hydroxyl groups excluding tert-OH is 2. The summed E-state index contributed by atoms with van der Waals surface area (Å²) in [4.78, 5) is 76.0. The number of carbonyl (C=O) groups is 2. The highest BCUT2D eigenvalue weighted by molar-refractivity contribution is 8.14. The van der Waals surface area contributed by atoms with E-state index < -0.39 is 109 Å². The molecule has 20 nitrogen and oxygen atoms in total. The molecule has 8 atom stereocenters. The lowest BCUT2D eigenvalue weighted by molar-refractivity contribution is -0.126. The van der Waals surface area contributed by atoms with Crippen LogP contribution in [0.4, 0.5) is 0 Å². The van der Waals surface area contributed by atoms with Gasteiger partial charge in [-0.05, 0) is 13.8 Å². The van der Waals surface area contributed by atoms with Crippen LogP contribution in [-0.4, -0.2) is 112 Å². The van der Waals surface area contributed by atoms with Gasteiger partial charge in [-0.15, -0.1) is 0 Å². The van der Waals surface area contributed by atoms with Crippen LogP contribution in [0.15, 0.2) is 43.7 Å². The largest absolute Gasteiger partial charge is 0.475 e. The van der Waals surface area contributed by atoms with Crippen LogP contribution >= 0.6 is 19.6 Å². The maximum Gasteiger partial charge on any atom is 0.475 e. The summed E-state index contributed by atoms with van der Waals surface area (Å²) in [6.45, 7) is 4.26. The van der Waals surface area contributed by atoms with Gasteiger partial charge in [-0.25, -0.2) is 14.2 Å². The molecule has 0 amide bonds. The van der Waals surface area contributed by atoms with E-state index in [1.54, 1.807) is 0 Å². The molecule has 2 aromatic rings. The van der Waals surface area contributed by atoms with Crippen molar-refractivity contribution >= 4 is 30.5 Å². The van der Waals surface area contributed by atoms with Gasteiger partial charge in [0.25, 0.3) is 11.1 Å².